The summed E-state index contributed by atoms with van der Waals surface area (Å²) in [4.78, 5) is 2.38. The third-order valence-electron chi connectivity index (χ3n) is 3.49. The number of likely N-dealkylation sites (N-methyl/N-ethyl adjacent to an activating group) is 1. The lowest BCUT2D eigenvalue weighted by Crippen LogP contribution is -2.44. The predicted octanol–water partition coefficient (Wildman–Crippen LogP) is 1.04. The fourth-order valence-corrected chi connectivity index (χ4v) is 2.37. The van der Waals surface area contributed by atoms with Gasteiger partial charge in [0.15, 0.2) is 0 Å². The number of nitrogens with one attached hydrogen (secondary N) is 1. The first-order valence-electron chi connectivity index (χ1n) is 6.48. The summed E-state index contributed by atoms with van der Waals surface area (Å²) in [5, 5.41) is 11.7. The quantitative estimate of drug-likeness (QED) is 0.850. The highest BCUT2D eigenvalue weighted by Gasteiger charge is 2.19. The topological polar surface area (TPSA) is 46.0 Å². The van der Waals surface area contributed by atoms with Gasteiger partial charge in [0.25, 0.3) is 0 Å². The van der Waals surface area contributed by atoms with E-state index in [0.717, 1.165) is 25.5 Å². The molecule has 0 aromatic carbocycles. The Balaban J connectivity index is 1.97. The smallest absolute Gasteiger partial charge is 0.147 e. The monoisotopic (exact) mass is 237 g/mol. The number of hydrogen-bond donors (Lipinski definition) is 1. The molecule has 1 fully saturated rings. The normalized spacial score (nSPS) is 21.4. The van der Waals surface area contributed by atoms with Crippen molar-refractivity contribution in [3.05, 3.63) is 12.2 Å². The standard InChI is InChI=1S/C12H23N5/c1-10(2)17-9-14-15-12(17)8-16(3)11-5-4-6-13-7-11/h9-11,13H,4-8H2,1-3H3/t11-/m0/s1. The van der Waals surface area contributed by atoms with E-state index in [2.05, 4.69) is 45.9 Å². The lowest BCUT2D eigenvalue weighted by atomic mass is 10.1. The van der Waals surface area contributed by atoms with Crippen LogP contribution in [0.5, 0.6) is 0 Å². The minimum atomic E-state index is 0.429. The van der Waals surface area contributed by atoms with Crippen LogP contribution in [-0.4, -0.2) is 45.8 Å². The van der Waals surface area contributed by atoms with Crippen LogP contribution in [0.1, 0.15) is 38.6 Å². The summed E-state index contributed by atoms with van der Waals surface area (Å²) in [6.45, 7) is 7.45. The number of aromatic nitrogens is 3. The first-order chi connectivity index (χ1) is 8.18. The molecule has 1 saturated heterocycles. The third kappa shape index (κ3) is 3.04. The molecule has 0 saturated carbocycles. The molecule has 1 aromatic rings. The van der Waals surface area contributed by atoms with Crippen LogP contribution in [0.2, 0.25) is 0 Å². The molecule has 0 radical (unpaired) electrons. The number of rotatable bonds is 4. The lowest BCUT2D eigenvalue weighted by molar-refractivity contribution is 0.188. The summed E-state index contributed by atoms with van der Waals surface area (Å²) < 4.78 is 2.15. The van der Waals surface area contributed by atoms with Gasteiger partial charge in [0.1, 0.15) is 12.2 Å². The number of nitrogens with zero attached hydrogens (tertiary/aromatic N) is 4. The Morgan fingerprint density at radius 1 is 1.59 bits per heavy atom. The van der Waals surface area contributed by atoms with Crippen molar-refractivity contribution in [1.82, 2.24) is 25.0 Å². The molecule has 1 N–H and O–H groups in total. The van der Waals surface area contributed by atoms with Gasteiger partial charge in [0.05, 0.1) is 6.54 Å². The van der Waals surface area contributed by atoms with Crippen molar-refractivity contribution in [3.63, 3.8) is 0 Å². The summed E-state index contributed by atoms with van der Waals surface area (Å²) >= 11 is 0. The van der Waals surface area contributed by atoms with Gasteiger partial charge in [-0.1, -0.05) is 0 Å². The van der Waals surface area contributed by atoms with Crippen LogP contribution in [-0.2, 0) is 6.54 Å². The Bertz CT molecular complexity index is 340. The van der Waals surface area contributed by atoms with E-state index in [1.807, 2.05) is 6.33 Å². The van der Waals surface area contributed by atoms with E-state index in [1.165, 1.54) is 12.8 Å². The summed E-state index contributed by atoms with van der Waals surface area (Å²) in [6.07, 6.45) is 4.37. The van der Waals surface area contributed by atoms with Crippen LogP contribution < -0.4 is 5.32 Å². The van der Waals surface area contributed by atoms with Gasteiger partial charge in [0, 0.05) is 18.6 Å². The third-order valence-corrected chi connectivity index (χ3v) is 3.49. The molecule has 2 rings (SSSR count). The molecule has 0 bridgehead atoms. The van der Waals surface area contributed by atoms with E-state index < -0.39 is 0 Å². The zero-order valence-electron chi connectivity index (χ0n) is 11.1. The maximum Gasteiger partial charge on any atom is 0.147 e. The van der Waals surface area contributed by atoms with Crippen LogP contribution in [0.3, 0.4) is 0 Å². The first-order valence-corrected chi connectivity index (χ1v) is 6.48. The van der Waals surface area contributed by atoms with Gasteiger partial charge >= 0.3 is 0 Å². The van der Waals surface area contributed by atoms with Crippen molar-refractivity contribution in [1.29, 1.82) is 0 Å². The van der Waals surface area contributed by atoms with E-state index in [9.17, 15) is 0 Å². The average Bonchev–Trinajstić information content (AvgIpc) is 2.78. The molecule has 1 aliphatic rings. The Kier molecular flexibility index (Phi) is 4.12. The summed E-state index contributed by atoms with van der Waals surface area (Å²) in [5.74, 6) is 1.06. The zero-order chi connectivity index (χ0) is 12.3. The zero-order valence-corrected chi connectivity index (χ0v) is 11.1. The van der Waals surface area contributed by atoms with E-state index >= 15 is 0 Å². The SMILES string of the molecule is CC(C)n1cnnc1CN(C)[C@H]1CCCNC1. The Morgan fingerprint density at radius 3 is 3.06 bits per heavy atom. The molecule has 5 nitrogen and oxygen atoms in total. The van der Waals surface area contributed by atoms with Gasteiger partial charge in [-0.3, -0.25) is 4.90 Å². The highest BCUT2D eigenvalue weighted by atomic mass is 15.3. The predicted molar refractivity (Wildman–Crippen MR) is 67.8 cm³/mol. The molecule has 5 heteroatoms. The molecular formula is C12H23N5. The van der Waals surface area contributed by atoms with Crippen LogP contribution in [0, 0.1) is 0 Å². The molecule has 17 heavy (non-hydrogen) atoms. The molecule has 0 amide bonds. The van der Waals surface area contributed by atoms with Gasteiger partial charge < -0.3 is 9.88 Å². The average molecular weight is 237 g/mol. The van der Waals surface area contributed by atoms with E-state index in [4.69, 9.17) is 0 Å². The number of hydrogen-bond acceptors (Lipinski definition) is 4. The maximum absolute atomic E-state index is 4.22. The van der Waals surface area contributed by atoms with Crippen LogP contribution in [0.4, 0.5) is 0 Å². The van der Waals surface area contributed by atoms with Gasteiger partial charge in [-0.05, 0) is 40.3 Å². The fraction of sp³-hybridized carbons (Fsp3) is 0.833. The molecule has 0 aliphatic carbocycles. The largest absolute Gasteiger partial charge is 0.315 e. The molecule has 96 valence electrons. The fourth-order valence-electron chi connectivity index (χ4n) is 2.37. The Labute approximate surface area is 103 Å². The summed E-state index contributed by atoms with van der Waals surface area (Å²) in [5.41, 5.74) is 0. The van der Waals surface area contributed by atoms with Crippen molar-refractivity contribution in [2.24, 2.45) is 0 Å². The second-order valence-electron chi connectivity index (χ2n) is 5.16. The van der Waals surface area contributed by atoms with Crippen LogP contribution in [0.15, 0.2) is 6.33 Å². The van der Waals surface area contributed by atoms with Crippen molar-refractivity contribution in [2.75, 3.05) is 20.1 Å². The molecule has 0 spiro atoms. The van der Waals surface area contributed by atoms with Gasteiger partial charge in [0.2, 0.25) is 0 Å². The van der Waals surface area contributed by atoms with Crippen molar-refractivity contribution < 1.29 is 0 Å². The summed E-state index contributed by atoms with van der Waals surface area (Å²) in [7, 11) is 2.18. The van der Waals surface area contributed by atoms with Crippen molar-refractivity contribution >= 4 is 0 Å². The van der Waals surface area contributed by atoms with E-state index in [1.54, 1.807) is 0 Å². The van der Waals surface area contributed by atoms with Crippen molar-refractivity contribution in [2.45, 2.75) is 45.3 Å². The second-order valence-corrected chi connectivity index (χ2v) is 5.16. The van der Waals surface area contributed by atoms with Gasteiger partial charge in [-0.2, -0.15) is 0 Å². The molecule has 1 aromatic heterocycles. The highest BCUT2D eigenvalue weighted by Crippen LogP contribution is 2.13. The van der Waals surface area contributed by atoms with E-state index in [0.29, 0.717) is 12.1 Å². The van der Waals surface area contributed by atoms with Gasteiger partial charge in [-0.15, -0.1) is 10.2 Å². The Morgan fingerprint density at radius 2 is 2.41 bits per heavy atom. The van der Waals surface area contributed by atoms with Gasteiger partial charge in [-0.25, -0.2) is 0 Å². The molecular weight excluding hydrogens is 214 g/mol. The molecule has 2 heterocycles. The lowest BCUT2D eigenvalue weighted by Gasteiger charge is -2.31. The molecule has 0 unspecified atom stereocenters. The second kappa shape index (κ2) is 5.60. The Hall–Kier alpha value is -0.940. The van der Waals surface area contributed by atoms with Crippen LogP contribution >= 0.6 is 0 Å². The van der Waals surface area contributed by atoms with E-state index in [-0.39, 0.29) is 0 Å². The van der Waals surface area contributed by atoms with Crippen molar-refractivity contribution in [3.8, 4) is 0 Å². The highest BCUT2D eigenvalue weighted by molar-refractivity contribution is 4.89. The van der Waals surface area contributed by atoms with Crippen LogP contribution in [0.25, 0.3) is 0 Å². The summed E-state index contributed by atoms with van der Waals surface area (Å²) in [6, 6.07) is 1.05. The number of piperidine rings is 1. The molecule has 1 aliphatic heterocycles. The molecule has 1 atom stereocenters. The minimum absolute atomic E-state index is 0.429. The maximum atomic E-state index is 4.22. The first kappa shape index (κ1) is 12.5. The minimum Gasteiger partial charge on any atom is -0.315 e.